The van der Waals surface area contributed by atoms with Crippen LogP contribution in [0.15, 0.2) is 46.9 Å². The normalized spacial score (nSPS) is 17.5. The van der Waals surface area contributed by atoms with Crippen molar-refractivity contribution in [3.8, 4) is 0 Å². The number of fused-ring (bicyclic) bond motifs is 1. The minimum absolute atomic E-state index is 0.0435. The molecule has 0 saturated heterocycles. The molecule has 0 saturated carbocycles. The topological polar surface area (TPSA) is 20.3 Å². The zero-order valence-electron chi connectivity index (χ0n) is 12.2. The number of likely N-dealkylation sites (N-methyl/N-ethyl adjacent to an activating group) is 1. The lowest BCUT2D eigenvalue weighted by atomic mass is 9.93. The molecule has 0 fully saturated rings. The summed E-state index contributed by atoms with van der Waals surface area (Å²) in [5.41, 5.74) is 1.76. The Hall–Kier alpha value is -1.82. The molecule has 1 aliphatic heterocycles. The van der Waals surface area contributed by atoms with Crippen LogP contribution in [0.25, 0.3) is 0 Å². The number of carbonyl (C=O) groups is 1. The van der Waals surface area contributed by atoms with Crippen molar-refractivity contribution in [2.45, 2.75) is 18.5 Å². The van der Waals surface area contributed by atoms with E-state index in [2.05, 4.69) is 15.9 Å². The number of hydrogen-bond acceptors (Lipinski definition) is 1. The molecule has 0 bridgehead atoms. The van der Waals surface area contributed by atoms with Crippen molar-refractivity contribution in [1.82, 2.24) is 0 Å². The first kappa shape index (κ1) is 16.1. The summed E-state index contributed by atoms with van der Waals surface area (Å²) < 4.78 is 38.7. The van der Waals surface area contributed by atoms with E-state index in [4.69, 9.17) is 0 Å². The molecule has 120 valence electrons. The molecule has 6 heteroatoms. The van der Waals surface area contributed by atoms with Gasteiger partial charge in [-0.25, -0.2) is 0 Å². The summed E-state index contributed by atoms with van der Waals surface area (Å²) >= 11 is 3.39. The van der Waals surface area contributed by atoms with E-state index < -0.39 is 11.7 Å². The molecule has 0 spiro atoms. The van der Waals surface area contributed by atoms with Gasteiger partial charge in [0.1, 0.15) is 0 Å². The van der Waals surface area contributed by atoms with E-state index in [1.807, 2.05) is 18.2 Å². The summed E-state index contributed by atoms with van der Waals surface area (Å²) in [6.45, 7) is 0. The summed E-state index contributed by atoms with van der Waals surface area (Å²) in [7, 11) is 1.71. The highest BCUT2D eigenvalue weighted by molar-refractivity contribution is 9.10. The maximum atomic E-state index is 12.6. The highest BCUT2D eigenvalue weighted by Gasteiger charge is 2.35. The maximum Gasteiger partial charge on any atom is 0.416 e. The fourth-order valence-corrected chi connectivity index (χ4v) is 3.24. The number of hydrogen-bond donors (Lipinski definition) is 0. The number of amides is 1. The van der Waals surface area contributed by atoms with Crippen LogP contribution in [0.5, 0.6) is 0 Å². The Labute approximate surface area is 140 Å². The van der Waals surface area contributed by atoms with Crippen LogP contribution < -0.4 is 4.90 Å². The van der Waals surface area contributed by atoms with E-state index in [9.17, 15) is 18.0 Å². The third-order valence-corrected chi connectivity index (χ3v) is 4.57. The number of halogens is 4. The van der Waals surface area contributed by atoms with E-state index in [0.717, 1.165) is 27.9 Å². The van der Waals surface area contributed by atoms with Gasteiger partial charge < -0.3 is 4.90 Å². The van der Waals surface area contributed by atoms with Crippen molar-refractivity contribution in [3.63, 3.8) is 0 Å². The van der Waals surface area contributed by atoms with Gasteiger partial charge in [0.2, 0.25) is 5.91 Å². The SMILES string of the molecule is CN1C(=O)C(Cc2ccc(C(F)(F)F)cc2)c2cc(Br)ccc21. The molecule has 1 aliphatic rings. The minimum Gasteiger partial charge on any atom is -0.315 e. The zero-order chi connectivity index (χ0) is 16.8. The molecule has 2 aromatic carbocycles. The summed E-state index contributed by atoms with van der Waals surface area (Å²) in [6.07, 6.45) is -3.97. The van der Waals surface area contributed by atoms with Crippen LogP contribution in [0, 0.1) is 0 Å². The van der Waals surface area contributed by atoms with Crippen LogP contribution in [0.2, 0.25) is 0 Å². The van der Waals surface area contributed by atoms with Crippen LogP contribution in [0.3, 0.4) is 0 Å². The highest BCUT2D eigenvalue weighted by Crippen LogP contribution is 2.40. The van der Waals surface area contributed by atoms with Gasteiger partial charge in [-0.3, -0.25) is 4.79 Å². The van der Waals surface area contributed by atoms with Crippen LogP contribution >= 0.6 is 15.9 Å². The van der Waals surface area contributed by atoms with Gasteiger partial charge in [0.05, 0.1) is 11.5 Å². The van der Waals surface area contributed by atoms with Gasteiger partial charge in [-0.1, -0.05) is 28.1 Å². The third kappa shape index (κ3) is 3.00. The number of rotatable bonds is 2. The lowest BCUT2D eigenvalue weighted by molar-refractivity contribution is -0.137. The van der Waals surface area contributed by atoms with Crippen molar-refractivity contribution in [2.75, 3.05) is 11.9 Å². The first-order valence-electron chi connectivity index (χ1n) is 7.00. The number of carbonyl (C=O) groups excluding carboxylic acids is 1. The standard InChI is InChI=1S/C17H13BrF3NO/c1-22-15-7-6-12(18)9-13(15)14(16(22)23)8-10-2-4-11(5-3-10)17(19,20)21/h2-7,9,14H,8H2,1H3. The second-order valence-corrected chi connectivity index (χ2v) is 6.47. The van der Waals surface area contributed by atoms with Gasteiger partial charge >= 0.3 is 6.18 Å². The Morgan fingerprint density at radius 2 is 1.78 bits per heavy atom. The predicted molar refractivity (Wildman–Crippen MR) is 85.4 cm³/mol. The predicted octanol–water partition coefficient (Wildman–Crippen LogP) is 4.77. The monoisotopic (exact) mass is 383 g/mol. The minimum atomic E-state index is -4.35. The van der Waals surface area contributed by atoms with Gasteiger partial charge in [-0.15, -0.1) is 0 Å². The Balaban J connectivity index is 1.89. The molecule has 0 N–H and O–H groups in total. The van der Waals surface area contributed by atoms with E-state index in [-0.39, 0.29) is 11.8 Å². The summed E-state index contributed by atoms with van der Waals surface area (Å²) in [6, 6.07) is 10.6. The highest BCUT2D eigenvalue weighted by atomic mass is 79.9. The Morgan fingerprint density at radius 1 is 1.13 bits per heavy atom. The molecule has 0 aliphatic carbocycles. The number of alkyl halides is 3. The Kier molecular flexibility index (Phi) is 3.96. The maximum absolute atomic E-state index is 12.6. The number of anilines is 1. The van der Waals surface area contributed by atoms with Crippen LogP contribution in [0.1, 0.15) is 22.6 Å². The van der Waals surface area contributed by atoms with Gasteiger partial charge in [0.15, 0.2) is 0 Å². The van der Waals surface area contributed by atoms with E-state index in [1.54, 1.807) is 11.9 Å². The summed E-state index contributed by atoms with van der Waals surface area (Å²) in [5.74, 6) is -0.415. The van der Waals surface area contributed by atoms with E-state index in [1.165, 1.54) is 12.1 Å². The lowest BCUT2D eigenvalue weighted by Gasteiger charge is -2.12. The molecule has 23 heavy (non-hydrogen) atoms. The molecule has 0 radical (unpaired) electrons. The fraction of sp³-hybridized carbons (Fsp3) is 0.235. The van der Waals surface area contributed by atoms with Gasteiger partial charge in [-0.05, 0) is 47.9 Å². The Morgan fingerprint density at radius 3 is 2.39 bits per heavy atom. The number of nitrogens with zero attached hydrogens (tertiary/aromatic N) is 1. The van der Waals surface area contributed by atoms with E-state index >= 15 is 0 Å². The van der Waals surface area contributed by atoms with Gasteiger partial charge in [-0.2, -0.15) is 13.2 Å². The summed E-state index contributed by atoms with van der Waals surface area (Å²) in [5, 5.41) is 0. The zero-order valence-corrected chi connectivity index (χ0v) is 13.8. The quantitative estimate of drug-likeness (QED) is 0.731. The summed E-state index contributed by atoms with van der Waals surface area (Å²) in [4.78, 5) is 14.0. The lowest BCUT2D eigenvalue weighted by Crippen LogP contribution is -2.24. The molecule has 2 aromatic rings. The Bertz CT molecular complexity index is 755. The third-order valence-electron chi connectivity index (χ3n) is 4.08. The van der Waals surface area contributed by atoms with Crippen LogP contribution in [-0.2, 0) is 17.4 Å². The molecule has 3 rings (SSSR count). The number of benzene rings is 2. The molecule has 0 aromatic heterocycles. The smallest absolute Gasteiger partial charge is 0.315 e. The second-order valence-electron chi connectivity index (χ2n) is 5.55. The van der Waals surface area contributed by atoms with E-state index in [0.29, 0.717) is 12.0 Å². The first-order chi connectivity index (χ1) is 10.8. The molecule has 1 heterocycles. The molecule has 1 atom stereocenters. The van der Waals surface area contributed by atoms with Crippen LogP contribution in [-0.4, -0.2) is 13.0 Å². The second kappa shape index (κ2) is 5.67. The van der Waals surface area contributed by atoms with Gasteiger partial charge in [0.25, 0.3) is 0 Å². The molecular formula is C17H13BrF3NO. The van der Waals surface area contributed by atoms with Crippen molar-refractivity contribution >= 4 is 27.5 Å². The van der Waals surface area contributed by atoms with Crippen molar-refractivity contribution in [2.24, 2.45) is 0 Å². The fourth-order valence-electron chi connectivity index (χ4n) is 2.86. The molecular weight excluding hydrogens is 371 g/mol. The molecule has 1 unspecified atom stereocenters. The van der Waals surface area contributed by atoms with Crippen molar-refractivity contribution < 1.29 is 18.0 Å². The average Bonchev–Trinajstić information content (AvgIpc) is 2.72. The first-order valence-corrected chi connectivity index (χ1v) is 7.80. The molecule has 2 nitrogen and oxygen atoms in total. The van der Waals surface area contributed by atoms with Gasteiger partial charge in [0, 0.05) is 17.2 Å². The average molecular weight is 384 g/mol. The largest absolute Gasteiger partial charge is 0.416 e. The van der Waals surface area contributed by atoms with Crippen molar-refractivity contribution in [1.29, 1.82) is 0 Å². The van der Waals surface area contributed by atoms with Crippen LogP contribution in [0.4, 0.5) is 18.9 Å². The van der Waals surface area contributed by atoms with Crippen molar-refractivity contribution in [3.05, 3.63) is 63.6 Å². The molecule has 1 amide bonds.